The molecule has 0 aliphatic carbocycles. The number of nitrogens with one attached hydrogen (secondary N) is 1. The molecule has 22 heavy (non-hydrogen) atoms. The van der Waals surface area contributed by atoms with E-state index in [9.17, 15) is 13.6 Å². The quantitative estimate of drug-likeness (QED) is 0.695. The van der Waals surface area contributed by atoms with Crippen molar-refractivity contribution < 1.29 is 18.4 Å². The molecule has 0 atom stereocenters. The summed E-state index contributed by atoms with van der Waals surface area (Å²) in [5.74, 6) is -1.93. The van der Waals surface area contributed by atoms with Crippen LogP contribution in [0.15, 0.2) is 23.4 Å². The van der Waals surface area contributed by atoms with Gasteiger partial charge in [0.2, 0.25) is 5.95 Å². The van der Waals surface area contributed by atoms with Gasteiger partial charge in [0.1, 0.15) is 18.5 Å². The van der Waals surface area contributed by atoms with Crippen LogP contribution in [-0.4, -0.2) is 29.0 Å². The second-order valence-electron chi connectivity index (χ2n) is 4.48. The number of aryl methyl sites for hydroxylation is 2. The minimum Gasteiger partial charge on any atom is -0.399 e. The number of rotatable bonds is 4. The van der Waals surface area contributed by atoms with Gasteiger partial charge in [-0.05, 0) is 25.1 Å². The van der Waals surface area contributed by atoms with Crippen LogP contribution in [0.3, 0.4) is 0 Å². The molecule has 1 N–H and O–H groups in total. The molecular weight excluding hydrogens is 294 g/mol. The van der Waals surface area contributed by atoms with Gasteiger partial charge >= 0.3 is 0 Å². The van der Waals surface area contributed by atoms with E-state index < -0.39 is 17.7 Å². The van der Waals surface area contributed by atoms with E-state index in [-0.39, 0.29) is 22.5 Å². The Morgan fingerprint density at radius 1 is 1.45 bits per heavy atom. The first-order valence-electron chi connectivity index (χ1n) is 6.30. The van der Waals surface area contributed by atoms with Gasteiger partial charge in [-0.1, -0.05) is 5.16 Å². The van der Waals surface area contributed by atoms with Gasteiger partial charge in [0.05, 0.1) is 17.6 Å². The van der Waals surface area contributed by atoms with Crippen molar-refractivity contribution in [1.29, 1.82) is 0 Å². The molecule has 0 unspecified atom stereocenters. The van der Waals surface area contributed by atoms with Gasteiger partial charge in [-0.15, -0.1) is 0 Å². The maximum atomic E-state index is 13.9. The number of benzene rings is 1. The molecule has 0 bridgehead atoms. The van der Waals surface area contributed by atoms with Gasteiger partial charge < -0.3 is 10.2 Å². The molecule has 2 aromatic rings. The van der Waals surface area contributed by atoms with Crippen molar-refractivity contribution in [2.24, 2.45) is 12.2 Å². The highest BCUT2D eigenvalue weighted by Gasteiger charge is 2.21. The lowest BCUT2D eigenvalue weighted by molar-refractivity contribution is 0.102. The Kier molecular flexibility index (Phi) is 4.50. The fourth-order valence-electron chi connectivity index (χ4n) is 1.94. The minimum atomic E-state index is -0.746. The molecule has 0 saturated carbocycles. The third-order valence-corrected chi connectivity index (χ3v) is 2.94. The van der Waals surface area contributed by atoms with Crippen LogP contribution in [0.25, 0.3) is 0 Å². The average Bonchev–Trinajstić information content (AvgIpc) is 2.72. The lowest BCUT2D eigenvalue weighted by Crippen LogP contribution is -2.15. The van der Waals surface area contributed by atoms with Crippen molar-refractivity contribution in [3.63, 3.8) is 0 Å². The van der Waals surface area contributed by atoms with Gasteiger partial charge in [-0.2, -0.15) is 9.49 Å². The molecule has 1 amide bonds. The van der Waals surface area contributed by atoms with E-state index in [4.69, 9.17) is 0 Å². The minimum absolute atomic E-state index is 0.165. The Morgan fingerprint density at radius 2 is 2.18 bits per heavy atom. The molecule has 0 saturated heterocycles. The Morgan fingerprint density at radius 3 is 2.77 bits per heavy atom. The highest BCUT2D eigenvalue weighted by molar-refractivity contribution is 6.07. The van der Waals surface area contributed by atoms with Crippen LogP contribution in [0, 0.1) is 18.7 Å². The lowest BCUT2D eigenvalue weighted by Gasteiger charge is -2.08. The third-order valence-electron chi connectivity index (χ3n) is 2.94. The number of carbonyl (C=O) groups excluding carboxylic acids is 1. The van der Waals surface area contributed by atoms with Crippen molar-refractivity contribution >= 4 is 17.8 Å². The normalized spacial score (nSPS) is 11.0. The van der Waals surface area contributed by atoms with Crippen LogP contribution in [0.5, 0.6) is 0 Å². The average molecular weight is 308 g/mol. The summed E-state index contributed by atoms with van der Waals surface area (Å²) in [6.07, 6.45) is 1.24. The van der Waals surface area contributed by atoms with E-state index in [1.807, 2.05) is 0 Å². The SMILES string of the molecule is CON=Cc1cc(F)ccc1NC(=O)c1c(C)nn(C)c1F. The maximum Gasteiger partial charge on any atom is 0.262 e. The van der Waals surface area contributed by atoms with Crippen LogP contribution < -0.4 is 5.32 Å². The molecule has 8 heteroatoms. The fraction of sp³-hybridized carbons (Fsp3) is 0.214. The first-order chi connectivity index (χ1) is 10.4. The van der Waals surface area contributed by atoms with Crippen molar-refractivity contribution in [3.05, 3.63) is 46.8 Å². The lowest BCUT2D eigenvalue weighted by atomic mass is 10.1. The highest BCUT2D eigenvalue weighted by atomic mass is 19.1. The zero-order valence-electron chi connectivity index (χ0n) is 12.2. The van der Waals surface area contributed by atoms with E-state index in [0.29, 0.717) is 0 Å². The number of aromatic nitrogens is 2. The summed E-state index contributed by atoms with van der Waals surface area (Å²) < 4.78 is 28.1. The third kappa shape index (κ3) is 3.11. The number of halogens is 2. The van der Waals surface area contributed by atoms with Crippen LogP contribution in [-0.2, 0) is 11.9 Å². The topological polar surface area (TPSA) is 68.5 Å². The van der Waals surface area contributed by atoms with Gasteiger partial charge in [-0.3, -0.25) is 4.79 Å². The number of hydrogen-bond donors (Lipinski definition) is 1. The Balaban J connectivity index is 2.34. The predicted molar refractivity (Wildman–Crippen MR) is 76.9 cm³/mol. The van der Waals surface area contributed by atoms with Gasteiger partial charge in [0.25, 0.3) is 5.91 Å². The summed E-state index contributed by atoms with van der Waals surface area (Å²) in [7, 11) is 2.73. The molecule has 1 heterocycles. The summed E-state index contributed by atoms with van der Waals surface area (Å²) in [6.45, 7) is 1.52. The first kappa shape index (κ1) is 15.6. The number of nitrogens with zero attached hydrogens (tertiary/aromatic N) is 3. The van der Waals surface area contributed by atoms with Crippen LogP contribution >= 0.6 is 0 Å². The van der Waals surface area contributed by atoms with Crippen molar-refractivity contribution in [1.82, 2.24) is 9.78 Å². The molecule has 1 aromatic heterocycles. The molecule has 1 aromatic carbocycles. The van der Waals surface area contributed by atoms with Gasteiger partial charge in [0, 0.05) is 12.6 Å². The van der Waals surface area contributed by atoms with Crippen LogP contribution in [0.2, 0.25) is 0 Å². The predicted octanol–water partition coefficient (Wildman–Crippen LogP) is 2.24. The first-order valence-corrected chi connectivity index (χ1v) is 6.30. The smallest absolute Gasteiger partial charge is 0.262 e. The number of carbonyl (C=O) groups is 1. The second kappa shape index (κ2) is 6.33. The number of anilines is 1. The summed E-state index contributed by atoms with van der Waals surface area (Å²) in [5.41, 5.74) is 0.653. The van der Waals surface area contributed by atoms with E-state index in [2.05, 4.69) is 20.4 Å². The Hall–Kier alpha value is -2.77. The van der Waals surface area contributed by atoms with E-state index >= 15 is 0 Å². The molecule has 6 nitrogen and oxygen atoms in total. The number of oxime groups is 1. The van der Waals surface area contributed by atoms with E-state index in [1.54, 1.807) is 0 Å². The summed E-state index contributed by atoms with van der Waals surface area (Å²) in [6, 6.07) is 3.70. The largest absolute Gasteiger partial charge is 0.399 e. The van der Waals surface area contributed by atoms with Crippen molar-refractivity contribution in [2.75, 3.05) is 12.4 Å². The Labute approximate surface area is 125 Å². The van der Waals surface area contributed by atoms with Crippen molar-refractivity contribution in [3.8, 4) is 0 Å². The summed E-state index contributed by atoms with van der Waals surface area (Å²) in [5, 5.41) is 9.88. The number of hydrogen-bond acceptors (Lipinski definition) is 4. The van der Waals surface area contributed by atoms with Gasteiger partial charge in [-0.25, -0.2) is 9.07 Å². The van der Waals surface area contributed by atoms with E-state index in [1.165, 1.54) is 45.5 Å². The van der Waals surface area contributed by atoms with Crippen LogP contribution in [0.1, 0.15) is 21.6 Å². The molecule has 116 valence electrons. The Bertz CT molecular complexity index is 741. The standard InChI is InChI=1S/C14H14F2N4O2/c1-8-12(13(16)20(2)19-8)14(21)18-11-5-4-10(15)6-9(11)7-17-22-3/h4-7H,1-3H3,(H,18,21). The zero-order valence-corrected chi connectivity index (χ0v) is 12.2. The second-order valence-corrected chi connectivity index (χ2v) is 4.48. The van der Waals surface area contributed by atoms with E-state index in [0.717, 1.165) is 4.68 Å². The molecular formula is C14H14F2N4O2. The maximum absolute atomic E-state index is 13.9. The van der Waals surface area contributed by atoms with Crippen LogP contribution in [0.4, 0.5) is 14.5 Å². The molecule has 0 fully saturated rings. The summed E-state index contributed by atoms with van der Waals surface area (Å²) in [4.78, 5) is 16.7. The molecule has 0 spiro atoms. The van der Waals surface area contributed by atoms with Crippen molar-refractivity contribution in [2.45, 2.75) is 6.92 Å². The summed E-state index contributed by atoms with van der Waals surface area (Å²) >= 11 is 0. The molecule has 0 aliphatic heterocycles. The highest BCUT2D eigenvalue weighted by Crippen LogP contribution is 2.18. The zero-order chi connectivity index (χ0) is 16.3. The number of amides is 1. The fourth-order valence-corrected chi connectivity index (χ4v) is 1.94. The molecule has 0 radical (unpaired) electrons. The van der Waals surface area contributed by atoms with Gasteiger partial charge in [0.15, 0.2) is 0 Å². The molecule has 2 rings (SSSR count). The molecule has 0 aliphatic rings. The monoisotopic (exact) mass is 308 g/mol.